The third-order valence-electron chi connectivity index (χ3n) is 4.59. The Bertz CT molecular complexity index is 874. The van der Waals surface area contributed by atoms with Crippen LogP contribution >= 0.6 is 11.8 Å². The van der Waals surface area contributed by atoms with Gasteiger partial charge in [-0.25, -0.2) is 0 Å². The Balaban J connectivity index is 2.05. The largest absolute Gasteiger partial charge is 0.495 e. The number of hydrogen-bond acceptors (Lipinski definition) is 4. The summed E-state index contributed by atoms with van der Waals surface area (Å²) in [5, 5.41) is 2.92. The highest BCUT2D eigenvalue weighted by molar-refractivity contribution is 7.99. The standard InChI is InChI=1S/C22H27NO3S/c1-13-7-8-20(26-6)19(9-13)23-21(25)12-27-11-18-14(2)10-15(3)22(16(18)4)17(5)24/h7-10H,11-12H2,1-6H3,(H,23,25). The molecule has 0 unspecified atom stereocenters. The molecule has 0 aliphatic rings. The highest BCUT2D eigenvalue weighted by Crippen LogP contribution is 2.28. The van der Waals surface area contributed by atoms with Crippen molar-refractivity contribution in [1.82, 2.24) is 0 Å². The van der Waals surface area contributed by atoms with Crippen molar-refractivity contribution in [1.29, 1.82) is 0 Å². The lowest BCUT2D eigenvalue weighted by Crippen LogP contribution is -2.15. The molecule has 1 N–H and O–H groups in total. The molecule has 2 rings (SSSR count). The van der Waals surface area contributed by atoms with E-state index in [9.17, 15) is 9.59 Å². The van der Waals surface area contributed by atoms with Crippen molar-refractivity contribution in [2.45, 2.75) is 40.4 Å². The molecule has 4 nitrogen and oxygen atoms in total. The van der Waals surface area contributed by atoms with Crippen LogP contribution < -0.4 is 10.1 Å². The number of anilines is 1. The van der Waals surface area contributed by atoms with Gasteiger partial charge in [-0.15, -0.1) is 11.8 Å². The van der Waals surface area contributed by atoms with E-state index < -0.39 is 0 Å². The minimum absolute atomic E-state index is 0.0712. The second kappa shape index (κ2) is 9.09. The van der Waals surface area contributed by atoms with E-state index in [0.717, 1.165) is 33.4 Å². The van der Waals surface area contributed by atoms with Gasteiger partial charge in [-0.05, 0) is 74.6 Å². The zero-order valence-corrected chi connectivity index (χ0v) is 17.7. The molecule has 0 radical (unpaired) electrons. The number of amides is 1. The first kappa shape index (κ1) is 21.0. The Labute approximate surface area is 165 Å². The lowest BCUT2D eigenvalue weighted by atomic mass is 9.92. The number of benzene rings is 2. The fraction of sp³-hybridized carbons (Fsp3) is 0.364. The summed E-state index contributed by atoms with van der Waals surface area (Å²) in [6.07, 6.45) is 0. The Morgan fingerprint density at radius 3 is 2.41 bits per heavy atom. The van der Waals surface area contributed by atoms with Gasteiger partial charge >= 0.3 is 0 Å². The molecular formula is C22H27NO3S. The van der Waals surface area contributed by atoms with Gasteiger partial charge in [0.05, 0.1) is 18.6 Å². The monoisotopic (exact) mass is 385 g/mol. The number of Topliss-reactive ketones (excluding diaryl/α,β-unsaturated/α-hetero) is 1. The van der Waals surface area contributed by atoms with Crippen molar-refractivity contribution in [3.8, 4) is 5.75 Å². The van der Waals surface area contributed by atoms with Gasteiger partial charge in [0.15, 0.2) is 5.78 Å². The SMILES string of the molecule is COc1ccc(C)cc1NC(=O)CSCc1c(C)cc(C)c(C(C)=O)c1C. The topological polar surface area (TPSA) is 55.4 Å². The van der Waals surface area contributed by atoms with Crippen LogP contribution in [0.2, 0.25) is 0 Å². The lowest BCUT2D eigenvalue weighted by Gasteiger charge is -2.16. The molecule has 2 aromatic carbocycles. The van der Waals surface area contributed by atoms with E-state index in [1.807, 2.05) is 39.0 Å². The molecule has 1 amide bonds. The van der Waals surface area contributed by atoms with Crippen LogP contribution in [0.25, 0.3) is 0 Å². The van der Waals surface area contributed by atoms with E-state index in [4.69, 9.17) is 4.74 Å². The summed E-state index contributed by atoms with van der Waals surface area (Å²) in [6, 6.07) is 7.74. The van der Waals surface area contributed by atoms with E-state index in [2.05, 4.69) is 18.3 Å². The first-order valence-electron chi connectivity index (χ1n) is 8.87. The molecule has 0 atom stereocenters. The molecule has 0 saturated heterocycles. The lowest BCUT2D eigenvalue weighted by molar-refractivity contribution is -0.113. The number of nitrogens with one attached hydrogen (secondary N) is 1. The maximum absolute atomic E-state index is 12.3. The first-order chi connectivity index (χ1) is 12.7. The molecule has 27 heavy (non-hydrogen) atoms. The Morgan fingerprint density at radius 1 is 1.07 bits per heavy atom. The summed E-state index contributed by atoms with van der Waals surface area (Å²) in [5.74, 6) is 1.68. The van der Waals surface area contributed by atoms with Crippen LogP contribution in [0.1, 0.15) is 45.1 Å². The van der Waals surface area contributed by atoms with Crippen molar-refractivity contribution in [3.05, 3.63) is 57.6 Å². The summed E-state index contributed by atoms with van der Waals surface area (Å²) in [5.41, 5.74) is 6.86. The highest BCUT2D eigenvalue weighted by Gasteiger charge is 2.15. The van der Waals surface area contributed by atoms with Crippen molar-refractivity contribution >= 4 is 29.1 Å². The maximum atomic E-state index is 12.3. The number of hydrogen-bond donors (Lipinski definition) is 1. The average molecular weight is 386 g/mol. The van der Waals surface area contributed by atoms with Crippen LogP contribution in [0, 0.1) is 27.7 Å². The molecule has 144 valence electrons. The van der Waals surface area contributed by atoms with Crippen LogP contribution in [0.3, 0.4) is 0 Å². The number of aryl methyl sites for hydroxylation is 3. The number of carbonyl (C=O) groups excluding carboxylic acids is 2. The van der Waals surface area contributed by atoms with Crippen molar-refractivity contribution in [2.24, 2.45) is 0 Å². The molecule has 0 fully saturated rings. The highest BCUT2D eigenvalue weighted by atomic mass is 32.2. The van der Waals surface area contributed by atoms with Gasteiger partial charge in [0.25, 0.3) is 0 Å². The number of methoxy groups -OCH3 is 1. The van der Waals surface area contributed by atoms with Gasteiger partial charge in [0.1, 0.15) is 5.75 Å². The van der Waals surface area contributed by atoms with Crippen LogP contribution in [-0.4, -0.2) is 24.6 Å². The minimum atomic E-state index is -0.0712. The normalized spacial score (nSPS) is 10.6. The van der Waals surface area contributed by atoms with Crippen molar-refractivity contribution < 1.29 is 14.3 Å². The minimum Gasteiger partial charge on any atom is -0.495 e. The Kier molecular flexibility index (Phi) is 7.08. The molecule has 2 aromatic rings. The van der Waals surface area contributed by atoms with E-state index in [1.165, 1.54) is 0 Å². The predicted octanol–water partition coefficient (Wildman–Crippen LogP) is 5.00. The third kappa shape index (κ3) is 5.13. The summed E-state index contributed by atoms with van der Waals surface area (Å²) in [4.78, 5) is 24.3. The molecule has 0 aliphatic heterocycles. The molecule has 0 heterocycles. The molecule has 0 bridgehead atoms. The fourth-order valence-electron chi connectivity index (χ4n) is 3.34. The van der Waals surface area contributed by atoms with Gasteiger partial charge in [-0.3, -0.25) is 9.59 Å². The van der Waals surface area contributed by atoms with Gasteiger partial charge in [-0.2, -0.15) is 0 Å². The Hall–Kier alpha value is -2.27. The van der Waals surface area contributed by atoms with Gasteiger partial charge in [0.2, 0.25) is 5.91 Å². The van der Waals surface area contributed by atoms with Crippen LogP contribution in [0.15, 0.2) is 24.3 Å². The van der Waals surface area contributed by atoms with Gasteiger partial charge in [0, 0.05) is 11.3 Å². The summed E-state index contributed by atoms with van der Waals surface area (Å²) >= 11 is 1.54. The number of carbonyl (C=O) groups is 2. The predicted molar refractivity (Wildman–Crippen MR) is 113 cm³/mol. The molecule has 0 saturated carbocycles. The van der Waals surface area contributed by atoms with Crippen LogP contribution in [-0.2, 0) is 10.5 Å². The van der Waals surface area contributed by atoms with Crippen LogP contribution in [0.4, 0.5) is 5.69 Å². The zero-order valence-electron chi connectivity index (χ0n) is 16.9. The number of ether oxygens (including phenoxy) is 1. The smallest absolute Gasteiger partial charge is 0.234 e. The quantitative estimate of drug-likeness (QED) is 0.681. The van der Waals surface area contributed by atoms with E-state index >= 15 is 0 Å². The van der Waals surface area contributed by atoms with Crippen LogP contribution in [0.5, 0.6) is 5.75 Å². The van der Waals surface area contributed by atoms with Gasteiger partial charge in [-0.1, -0.05) is 12.1 Å². The van der Waals surface area contributed by atoms with Crippen molar-refractivity contribution in [3.63, 3.8) is 0 Å². The third-order valence-corrected chi connectivity index (χ3v) is 5.55. The molecule has 5 heteroatoms. The van der Waals surface area contributed by atoms with Crippen molar-refractivity contribution in [2.75, 3.05) is 18.2 Å². The summed E-state index contributed by atoms with van der Waals surface area (Å²) in [7, 11) is 1.59. The Morgan fingerprint density at radius 2 is 1.78 bits per heavy atom. The zero-order chi connectivity index (χ0) is 20.1. The second-order valence-corrected chi connectivity index (χ2v) is 7.78. The number of rotatable bonds is 7. The van der Waals surface area contributed by atoms with Gasteiger partial charge < -0.3 is 10.1 Å². The number of thioether (sulfide) groups is 1. The molecule has 0 spiro atoms. The van der Waals surface area contributed by atoms with E-state index in [1.54, 1.807) is 25.8 Å². The fourth-order valence-corrected chi connectivity index (χ4v) is 4.35. The summed E-state index contributed by atoms with van der Waals surface area (Å²) < 4.78 is 5.30. The molecular weight excluding hydrogens is 358 g/mol. The summed E-state index contributed by atoms with van der Waals surface area (Å²) in [6.45, 7) is 9.59. The molecule has 0 aromatic heterocycles. The van der Waals surface area contributed by atoms with E-state index in [0.29, 0.717) is 22.9 Å². The second-order valence-electron chi connectivity index (χ2n) is 6.79. The molecule has 0 aliphatic carbocycles. The average Bonchev–Trinajstić information content (AvgIpc) is 2.57. The maximum Gasteiger partial charge on any atom is 0.234 e. The number of ketones is 1. The van der Waals surface area contributed by atoms with E-state index in [-0.39, 0.29) is 11.7 Å². The first-order valence-corrected chi connectivity index (χ1v) is 10.0.